The highest BCUT2D eigenvalue weighted by Gasteiger charge is 2.24. The van der Waals surface area contributed by atoms with Gasteiger partial charge in [0.05, 0.1) is 11.0 Å². The molecule has 16 heavy (non-hydrogen) atoms. The maximum absolute atomic E-state index is 5.54. The Labute approximate surface area is 94.4 Å². The molecule has 4 heteroatoms. The van der Waals surface area contributed by atoms with Gasteiger partial charge in [0, 0.05) is 6.04 Å². The van der Waals surface area contributed by atoms with E-state index in [9.17, 15) is 0 Å². The summed E-state index contributed by atoms with van der Waals surface area (Å²) in [5.74, 6) is 6.32. The molecule has 3 N–H and O–H groups in total. The number of nitrogens with two attached hydrogens (primary N) is 1. The number of nitrogens with one attached hydrogen (secondary N) is 1. The predicted octanol–water partition coefficient (Wildman–Crippen LogP) is 2.36. The summed E-state index contributed by atoms with van der Waals surface area (Å²) in [5.41, 5.74) is 6.18. The van der Waals surface area contributed by atoms with Gasteiger partial charge < -0.3 is 4.57 Å². The molecule has 1 aromatic heterocycles. The van der Waals surface area contributed by atoms with Crippen LogP contribution in [0.2, 0.25) is 0 Å². The van der Waals surface area contributed by atoms with Crippen LogP contribution in [0.15, 0.2) is 18.2 Å². The molecule has 1 heterocycles. The zero-order chi connectivity index (χ0) is 11.1. The number of benzene rings is 1. The number of hydrogen-bond acceptors (Lipinski definition) is 3. The highest BCUT2D eigenvalue weighted by molar-refractivity contribution is 5.79. The highest BCUT2D eigenvalue weighted by Crippen LogP contribution is 2.36. The third-order valence-electron chi connectivity index (χ3n) is 3.41. The Bertz CT molecular complexity index is 525. The van der Waals surface area contributed by atoms with Gasteiger partial charge in [0.1, 0.15) is 0 Å². The number of anilines is 1. The lowest BCUT2D eigenvalue weighted by Crippen LogP contribution is -2.21. The summed E-state index contributed by atoms with van der Waals surface area (Å²) in [7, 11) is 0. The van der Waals surface area contributed by atoms with E-state index in [0.29, 0.717) is 6.04 Å². The van der Waals surface area contributed by atoms with E-state index < -0.39 is 0 Å². The smallest absolute Gasteiger partial charge is 0.218 e. The summed E-state index contributed by atoms with van der Waals surface area (Å²) in [6.07, 6.45) is 3.77. The zero-order valence-electron chi connectivity index (χ0n) is 9.40. The summed E-state index contributed by atoms with van der Waals surface area (Å²) < 4.78 is 2.24. The minimum atomic E-state index is 0.567. The van der Waals surface area contributed by atoms with Crippen LogP contribution in [0.1, 0.15) is 30.9 Å². The Morgan fingerprint density at radius 2 is 2.25 bits per heavy atom. The summed E-state index contributed by atoms with van der Waals surface area (Å²) in [4.78, 5) is 4.50. The third kappa shape index (κ3) is 1.30. The van der Waals surface area contributed by atoms with Crippen LogP contribution in [0, 0.1) is 6.92 Å². The molecule has 0 amide bonds. The van der Waals surface area contributed by atoms with E-state index in [1.807, 2.05) is 0 Å². The van der Waals surface area contributed by atoms with Crippen LogP contribution in [0.25, 0.3) is 11.0 Å². The molecule has 0 radical (unpaired) electrons. The van der Waals surface area contributed by atoms with Gasteiger partial charge in [-0.05, 0) is 43.9 Å². The zero-order valence-corrected chi connectivity index (χ0v) is 9.40. The summed E-state index contributed by atoms with van der Waals surface area (Å²) >= 11 is 0. The number of imidazole rings is 1. The number of aromatic nitrogens is 2. The Morgan fingerprint density at radius 1 is 1.44 bits per heavy atom. The van der Waals surface area contributed by atoms with Crippen molar-refractivity contribution < 1.29 is 0 Å². The SMILES string of the molecule is Cc1ccc2nc(NN)n(C3CCC3)c2c1. The average Bonchev–Trinajstić information content (AvgIpc) is 2.55. The van der Waals surface area contributed by atoms with Crippen molar-refractivity contribution in [1.29, 1.82) is 0 Å². The maximum atomic E-state index is 5.54. The number of rotatable bonds is 2. The molecule has 0 bridgehead atoms. The van der Waals surface area contributed by atoms with Crippen molar-refractivity contribution in [2.45, 2.75) is 32.2 Å². The number of nitrogens with zero attached hydrogens (tertiary/aromatic N) is 2. The van der Waals surface area contributed by atoms with E-state index >= 15 is 0 Å². The van der Waals surface area contributed by atoms with Gasteiger partial charge in [-0.1, -0.05) is 6.07 Å². The van der Waals surface area contributed by atoms with E-state index in [-0.39, 0.29) is 0 Å². The van der Waals surface area contributed by atoms with Crippen molar-refractivity contribution >= 4 is 17.0 Å². The molecule has 1 aliphatic carbocycles. The van der Waals surface area contributed by atoms with Crippen molar-refractivity contribution in [2.75, 3.05) is 5.43 Å². The highest BCUT2D eigenvalue weighted by atomic mass is 15.3. The number of hydrazine groups is 1. The molecule has 0 aliphatic heterocycles. The van der Waals surface area contributed by atoms with Crippen LogP contribution < -0.4 is 11.3 Å². The van der Waals surface area contributed by atoms with Gasteiger partial charge in [0.15, 0.2) is 0 Å². The van der Waals surface area contributed by atoms with Gasteiger partial charge in [-0.3, -0.25) is 5.43 Å². The van der Waals surface area contributed by atoms with Crippen LogP contribution in [-0.2, 0) is 0 Å². The monoisotopic (exact) mass is 216 g/mol. The van der Waals surface area contributed by atoms with E-state index in [4.69, 9.17) is 5.84 Å². The normalized spacial score (nSPS) is 16.4. The van der Waals surface area contributed by atoms with Crippen LogP contribution >= 0.6 is 0 Å². The molecule has 1 saturated carbocycles. The van der Waals surface area contributed by atoms with Crippen molar-refractivity contribution in [1.82, 2.24) is 9.55 Å². The lowest BCUT2D eigenvalue weighted by molar-refractivity contribution is 0.323. The standard InChI is InChI=1S/C12H16N4/c1-8-5-6-10-11(7-8)16(9-3-2-4-9)12(14-10)15-13/h5-7,9H,2-4,13H2,1H3,(H,14,15). The first-order valence-electron chi connectivity index (χ1n) is 5.75. The lowest BCUT2D eigenvalue weighted by Gasteiger charge is -2.28. The molecule has 2 aromatic rings. The summed E-state index contributed by atoms with van der Waals surface area (Å²) in [5, 5.41) is 0. The molecule has 4 nitrogen and oxygen atoms in total. The fourth-order valence-electron chi connectivity index (χ4n) is 2.32. The molecule has 0 unspecified atom stereocenters. The quantitative estimate of drug-likeness (QED) is 0.598. The molecule has 84 valence electrons. The van der Waals surface area contributed by atoms with Gasteiger partial charge >= 0.3 is 0 Å². The molecule has 0 spiro atoms. The van der Waals surface area contributed by atoms with Crippen LogP contribution in [-0.4, -0.2) is 9.55 Å². The lowest BCUT2D eigenvalue weighted by atomic mass is 9.92. The topological polar surface area (TPSA) is 55.9 Å². The van der Waals surface area contributed by atoms with Gasteiger partial charge in [-0.2, -0.15) is 0 Å². The van der Waals surface area contributed by atoms with Crippen molar-refractivity contribution in [3.05, 3.63) is 23.8 Å². The summed E-state index contributed by atoms with van der Waals surface area (Å²) in [6.45, 7) is 2.10. The second kappa shape index (κ2) is 3.49. The number of fused-ring (bicyclic) bond motifs is 1. The Balaban J connectivity index is 2.23. The molecule has 0 saturated heterocycles. The molecule has 1 aliphatic rings. The average molecular weight is 216 g/mol. The van der Waals surface area contributed by atoms with Gasteiger partial charge in [-0.25, -0.2) is 10.8 Å². The fourth-order valence-corrected chi connectivity index (χ4v) is 2.32. The Morgan fingerprint density at radius 3 is 2.88 bits per heavy atom. The molecule has 3 rings (SSSR count). The van der Waals surface area contributed by atoms with Crippen LogP contribution in [0.4, 0.5) is 5.95 Å². The number of aryl methyl sites for hydroxylation is 1. The first-order valence-corrected chi connectivity index (χ1v) is 5.75. The minimum absolute atomic E-state index is 0.567. The second-order valence-electron chi connectivity index (χ2n) is 4.53. The predicted molar refractivity (Wildman–Crippen MR) is 65.2 cm³/mol. The molecule has 1 aromatic carbocycles. The molecule has 0 atom stereocenters. The van der Waals surface area contributed by atoms with Gasteiger partial charge in [0.25, 0.3) is 0 Å². The number of nitrogen functional groups attached to an aromatic ring is 1. The molecular weight excluding hydrogens is 200 g/mol. The van der Waals surface area contributed by atoms with E-state index in [0.717, 1.165) is 11.5 Å². The van der Waals surface area contributed by atoms with E-state index in [1.165, 1.54) is 30.3 Å². The van der Waals surface area contributed by atoms with Gasteiger partial charge in [-0.15, -0.1) is 0 Å². The first-order chi connectivity index (χ1) is 7.79. The second-order valence-corrected chi connectivity index (χ2v) is 4.53. The molecule has 1 fully saturated rings. The van der Waals surface area contributed by atoms with E-state index in [2.05, 4.69) is 40.1 Å². The van der Waals surface area contributed by atoms with Crippen molar-refractivity contribution in [3.63, 3.8) is 0 Å². The maximum Gasteiger partial charge on any atom is 0.218 e. The number of hydrogen-bond donors (Lipinski definition) is 2. The first kappa shape index (κ1) is 9.66. The fraction of sp³-hybridized carbons (Fsp3) is 0.417. The Kier molecular flexibility index (Phi) is 2.11. The van der Waals surface area contributed by atoms with Gasteiger partial charge in [0.2, 0.25) is 5.95 Å². The van der Waals surface area contributed by atoms with Crippen molar-refractivity contribution in [2.24, 2.45) is 5.84 Å². The Hall–Kier alpha value is -1.55. The van der Waals surface area contributed by atoms with Crippen LogP contribution in [0.3, 0.4) is 0 Å². The molecular formula is C12H16N4. The largest absolute Gasteiger partial charge is 0.306 e. The van der Waals surface area contributed by atoms with Crippen molar-refractivity contribution in [3.8, 4) is 0 Å². The summed E-state index contributed by atoms with van der Waals surface area (Å²) in [6, 6.07) is 6.89. The minimum Gasteiger partial charge on any atom is -0.306 e. The third-order valence-corrected chi connectivity index (χ3v) is 3.41. The van der Waals surface area contributed by atoms with E-state index in [1.54, 1.807) is 0 Å². The van der Waals surface area contributed by atoms with Crippen LogP contribution in [0.5, 0.6) is 0 Å².